The number of nitrogens with zero attached hydrogens (tertiary/aromatic N) is 3. The summed E-state index contributed by atoms with van der Waals surface area (Å²) < 4.78 is 17.4. The van der Waals surface area contributed by atoms with Gasteiger partial charge in [0.2, 0.25) is 11.9 Å². The van der Waals surface area contributed by atoms with E-state index in [1.807, 2.05) is 31.2 Å². The second-order valence-electron chi connectivity index (χ2n) is 10.3. The molecule has 6 N–H and O–H groups in total. The van der Waals surface area contributed by atoms with Crippen LogP contribution in [0.5, 0.6) is 17.5 Å². The zero-order valence-corrected chi connectivity index (χ0v) is 26.1. The Balaban J connectivity index is 1.58. The molecule has 0 saturated heterocycles. The molecular weight excluding hydrogens is 612 g/mol. The van der Waals surface area contributed by atoms with Gasteiger partial charge in [-0.1, -0.05) is 12.1 Å². The van der Waals surface area contributed by atoms with Crippen molar-refractivity contribution in [1.29, 1.82) is 0 Å². The minimum Gasteiger partial charge on any atom is -0.494 e. The number of carbonyl (C=O) groups is 4. The number of hydrogen-bond donors (Lipinski definition) is 6. The Bertz CT molecular complexity index is 1550. The van der Waals surface area contributed by atoms with E-state index in [1.165, 1.54) is 13.1 Å². The maximum absolute atomic E-state index is 13.3. The van der Waals surface area contributed by atoms with Crippen LogP contribution in [0.25, 0.3) is 0 Å². The van der Waals surface area contributed by atoms with Crippen molar-refractivity contribution in [3.05, 3.63) is 53.6 Å². The molecule has 47 heavy (non-hydrogen) atoms. The summed E-state index contributed by atoms with van der Waals surface area (Å²) in [5, 5.41) is 22.6. The van der Waals surface area contributed by atoms with Crippen molar-refractivity contribution < 1.29 is 38.5 Å². The van der Waals surface area contributed by atoms with E-state index in [0.717, 1.165) is 30.6 Å². The van der Waals surface area contributed by atoms with Crippen molar-refractivity contribution in [2.75, 3.05) is 44.0 Å². The lowest BCUT2D eigenvalue weighted by Crippen LogP contribution is -2.50. The Kier molecular flexibility index (Phi) is 12.5. The third kappa shape index (κ3) is 10.4. The second-order valence-corrected chi connectivity index (χ2v) is 10.3. The molecule has 3 amide bonds. The highest BCUT2D eigenvalue weighted by Crippen LogP contribution is 2.27. The van der Waals surface area contributed by atoms with Crippen LogP contribution in [0.4, 0.5) is 17.6 Å². The zero-order chi connectivity index (χ0) is 33.6. The van der Waals surface area contributed by atoms with Gasteiger partial charge < -0.3 is 45.9 Å². The van der Waals surface area contributed by atoms with Gasteiger partial charge in [0.05, 0.1) is 25.4 Å². The van der Waals surface area contributed by atoms with Crippen molar-refractivity contribution in [3.8, 4) is 17.5 Å². The number of aliphatic carboxylic acids is 1. The number of anilines is 3. The molecule has 3 aromatic rings. The topological polar surface area (TPSA) is 215 Å². The largest absolute Gasteiger partial charge is 0.494 e. The predicted molar refractivity (Wildman–Crippen MR) is 170 cm³/mol. The number of carboxylic acids is 1. The average molecular weight is 651 g/mol. The van der Waals surface area contributed by atoms with Gasteiger partial charge >= 0.3 is 23.8 Å². The molecule has 0 aliphatic carbocycles. The molecule has 3 heterocycles. The molecule has 0 fully saturated rings. The van der Waals surface area contributed by atoms with Crippen LogP contribution in [0.3, 0.4) is 0 Å². The molecule has 2 aliphatic rings. The van der Waals surface area contributed by atoms with Crippen LogP contribution >= 0.6 is 0 Å². The van der Waals surface area contributed by atoms with Gasteiger partial charge in [-0.2, -0.15) is 15.0 Å². The third-order valence-corrected chi connectivity index (χ3v) is 6.81. The number of likely N-dealkylation sites (N-methyl/N-ethyl adjacent to an activating group) is 1. The van der Waals surface area contributed by atoms with Crippen molar-refractivity contribution in [2.45, 2.75) is 45.2 Å². The van der Waals surface area contributed by atoms with Crippen LogP contribution in [0.1, 0.15) is 48.5 Å². The highest BCUT2D eigenvalue weighted by molar-refractivity contribution is 6.35. The van der Waals surface area contributed by atoms with Gasteiger partial charge in [-0.15, -0.1) is 0 Å². The van der Waals surface area contributed by atoms with E-state index in [4.69, 9.17) is 14.2 Å². The molecule has 1 aromatic heterocycles. The zero-order valence-electron chi connectivity index (χ0n) is 26.1. The van der Waals surface area contributed by atoms with Gasteiger partial charge in [-0.05, 0) is 62.4 Å². The summed E-state index contributed by atoms with van der Waals surface area (Å²) in [6, 6.07) is 11.0. The minimum absolute atomic E-state index is 0.0590. The number of carboxylic acid groups (broad SMARTS) is 1. The lowest BCUT2D eigenvalue weighted by molar-refractivity contribution is -0.141. The van der Waals surface area contributed by atoms with Gasteiger partial charge in [0.25, 0.3) is 5.91 Å². The third-order valence-electron chi connectivity index (χ3n) is 6.81. The van der Waals surface area contributed by atoms with Crippen molar-refractivity contribution >= 4 is 41.3 Å². The maximum Gasteiger partial charge on any atom is 0.328 e. The number of hydrogen-bond acceptors (Lipinski definition) is 12. The molecule has 6 bridgehead atoms. The van der Waals surface area contributed by atoms with Crippen molar-refractivity contribution in [2.24, 2.45) is 0 Å². The van der Waals surface area contributed by atoms with Crippen molar-refractivity contribution in [3.63, 3.8) is 0 Å². The summed E-state index contributed by atoms with van der Waals surface area (Å²) in [6.45, 7) is 2.91. The summed E-state index contributed by atoms with van der Waals surface area (Å²) >= 11 is 0. The van der Waals surface area contributed by atoms with Crippen LogP contribution in [0.15, 0.2) is 42.5 Å². The first-order valence-corrected chi connectivity index (χ1v) is 15.2. The number of ether oxygens (including phenoxy) is 3. The lowest BCUT2D eigenvalue weighted by atomic mass is 10.1. The van der Waals surface area contributed by atoms with E-state index in [2.05, 4.69) is 41.5 Å². The average Bonchev–Trinajstić information content (AvgIpc) is 3.06. The molecule has 0 spiro atoms. The van der Waals surface area contributed by atoms with E-state index in [-0.39, 0.29) is 35.8 Å². The van der Waals surface area contributed by atoms with Crippen LogP contribution in [0, 0.1) is 0 Å². The Hall–Kier alpha value is -5.67. The molecule has 250 valence electrons. The molecule has 0 radical (unpaired) electrons. The van der Waals surface area contributed by atoms with E-state index in [1.54, 1.807) is 12.1 Å². The van der Waals surface area contributed by atoms with Gasteiger partial charge in [-0.25, -0.2) is 4.79 Å². The first-order chi connectivity index (χ1) is 22.7. The van der Waals surface area contributed by atoms with Crippen LogP contribution in [-0.4, -0.2) is 83.2 Å². The Morgan fingerprint density at radius 1 is 0.936 bits per heavy atom. The van der Waals surface area contributed by atoms with Gasteiger partial charge in [0.1, 0.15) is 17.5 Å². The molecular formula is C31H38N8O8. The number of rotatable bonds is 7. The summed E-state index contributed by atoms with van der Waals surface area (Å²) in [6.07, 6.45) is 3.31. The Morgan fingerprint density at radius 2 is 1.66 bits per heavy atom. The van der Waals surface area contributed by atoms with E-state index in [0.29, 0.717) is 31.9 Å². The van der Waals surface area contributed by atoms with Gasteiger partial charge in [0.15, 0.2) is 0 Å². The van der Waals surface area contributed by atoms with Gasteiger partial charge in [0, 0.05) is 31.9 Å². The monoisotopic (exact) mass is 650 g/mol. The molecule has 2 aliphatic heterocycles. The molecule has 16 heteroatoms. The van der Waals surface area contributed by atoms with Crippen LogP contribution in [0.2, 0.25) is 0 Å². The molecule has 1 atom stereocenters. The first kappa shape index (κ1) is 34.2. The molecule has 2 aromatic carbocycles. The number of amides is 3. The summed E-state index contributed by atoms with van der Waals surface area (Å²) in [4.78, 5) is 61.6. The Morgan fingerprint density at radius 3 is 2.36 bits per heavy atom. The standard InChI is InChI=1S/C31H38N8O8/c1-3-45-31-38-29-34-17-19-8-11-21(12-9-19)46-14-6-4-5-7-15-47-24-16-20(35-30(37-29)39-31)10-13-22(24)25(40)36-23(28(43)44)18-33-27(42)26(41)32-2/h8-13,16,23H,3-7,14-15,17-18H2,1-2H3,(H,32,41)(H,33,42)(H,36,40)(H,43,44)(H2,34,35,37,38,39)/t23-/m0/s1. The summed E-state index contributed by atoms with van der Waals surface area (Å²) in [7, 11) is 1.26. The molecule has 0 saturated carbocycles. The maximum atomic E-state index is 13.3. The highest BCUT2D eigenvalue weighted by Gasteiger charge is 2.25. The molecule has 5 rings (SSSR count). The van der Waals surface area contributed by atoms with E-state index < -0.39 is 36.3 Å². The lowest BCUT2D eigenvalue weighted by Gasteiger charge is -2.18. The predicted octanol–water partition coefficient (Wildman–Crippen LogP) is 2.00. The fourth-order valence-corrected chi connectivity index (χ4v) is 4.36. The fourth-order valence-electron chi connectivity index (χ4n) is 4.36. The van der Waals surface area contributed by atoms with Gasteiger partial charge in [-0.3, -0.25) is 14.4 Å². The first-order valence-electron chi connectivity index (χ1n) is 15.2. The van der Waals surface area contributed by atoms with Crippen LogP contribution < -0.4 is 40.8 Å². The van der Waals surface area contributed by atoms with E-state index in [9.17, 15) is 24.3 Å². The SMILES string of the molecule is CCOc1nc2nc(n1)Nc1ccc(C(=O)N[C@@H](CNC(=O)C(=O)NC)C(=O)O)c(c1)OCCCCCCOc1ccc(cc1)CN2. The molecule has 0 unspecified atom stereocenters. The number of nitrogens with one attached hydrogen (secondary N) is 5. The number of benzene rings is 2. The number of aromatic nitrogens is 3. The highest BCUT2D eigenvalue weighted by atomic mass is 16.5. The smallest absolute Gasteiger partial charge is 0.328 e. The number of carbonyl (C=O) groups excluding carboxylic acids is 3. The minimum atomic E-state index is -1.52. The quantitative estimate of drug-likeness (QED) is 0.202. The normalized spacial score (nSPS) is 13.9. The van der Waals surface area contributed by atoms with Crippen LogP contribution in [-0.2, 0) is 20.9 Å². The Labute approximate surface area is 271 Å². The number of fused-ring (bicyclic) bond motifs is 10. The fraction of sp³-hybridized carbons (Fsp3) is 0.387. The second kappa shape index (κ2) is 17.1. The molecule has 16 nitrogen and oxygen atoms in total. The summed E-state index contributed by atoms with van der Waals surface area (Å²) in [5.74, 6) is -2.75. The van der Waals surface area contributed by atoms with Crippen molar-refractivity contribution in [1.82, 2.24) is 30.9 Å². The summed E-state index contributed by atoms with van der Waals surface area (Å²) in [5.41, 5.74) is 1.52. The van der Waals surface area contributed by atoms with E-state index >= 15 is 0 Å².